The first kappa shape index (κ1) is 23.2. The van der Waals surface area contributed by atoms with Gasteiger partial charge in [-0.2, -0.15) is 0 Å². The number of rotatable bonds is 10. The molecule has 166 valence electrons. The molecule has 1 aromatic carbocycles. The van der Waals surface area contributed by atoms with E-state index in [1.165, 1.54) is 82.1 Å². The van der Waals surface area contributed by atoms with E-state index in [-0.39, 0.29) is 0 Å². The molecule has 0 saturated carbocycles. The highest BCUT2D eigenvalue weighted by atomic mass is 15.2. The summed E-state index contributed by atoms with van der Waals surface area (Å²) in [4.78, 5) is 10.1. The van der Waals surface area contributed by atoms with E-state index in [9.17, 15) is 0 Å². The number of benzene rings is 1. The molecule has 2 fully saturated rings. The minimum Gasteiger partial charge on any atom is -0.300 e. The molecular weight excluding hydrogens is 366 g/mol. The topological polar surface area (TPSA) is 18.8 Å². The van der Waals surface area contributed by atoms with E-state index >= 15 is 0 Å². The molecule has 3 rings (SSSR count). The first-order valence-electron chi connectivity index (χ1n) is 12.4. The first-order valence-corrected chi connectivity index (χ1v) is 12.4. The number of piperidine rings is 1. The SMILES string of the molecule is CCCC[C@H](C)C=Nc1cc(C2CCCN2C/C=C\CN2CCCCC2)ccc1C. The highest BCUT2D eigenvalue weighted by Crippen LogP contribution is 2.34. The third-order valence-corrected chi connectivity index (χ3v) is 6.78. The maximum atomic E-state index is 4.88. The van der Waals surface area contributed by atoms with E-state index in [0.29, 0.717) is 12.0 Å². The largest absolute Gasteiger partial charge is 0.300 e. The van der Waals surface area contributed by atoms with Crippen LogP contribution in [-0.2, 0) is 0 Å². The normalized spacial score (nSPS) is 22.4. The Morgan fingerprint density at radius 1 is 1.07 bits per heavy atom. The molecular formula is C27H43N3. The van der Waals surface area contributed by atoms with E-state index in [4.69, 9.17) is 4.99 Å². The second-order valence-electron chi connectivity index (χ2n) is 9.43. The lowest BCUT2D eigenvalue weighted by Crippen LogP contribution is -2.30. The summed E-state index contributed by atoms with van der Waals surface area (Å²) in [6.07, 6.45) is 17.5. The Bertz CT molecular complexity index is 687. The number of hydrogen-bond donors (Lipinski definition) is 0. The van der Waals surface area contributed by atoms with Crippen LogP contribution >= 0.6 is 0 Å². The quantitative estimate of drug-likeness (QED) is 0.316. The number of likely N-dealkylation sites (tertiary alicyclic amines) is 2. The van der Waals surface area contributed by atoms with Gasteiger partial charge in [-0.25, -0.2) is 0 Å². The van der Waals surface area contributed by atoms with Gasteiger partial charge in [0.1, 0.15) is 0 Å². The van der Waals surface area contributed by atoms with Crippen LogP contribution in [-0.4, -0.2) is 48.7 Å². The summed E-state index contributed by atoms with van der Waals surface area (Å²) in [5.41, 5.74) is 3.88. The Labute approximate surface area is 185 Å². The van der Waals surface area contributed by atoms with Crippen molar-refractivity contribution in [2.75, 3.05) is 32.7 Å². The summed E-state index contributed by atoms with van der Waals surface area (Å²) in [5.74, 6) is 0.557. The second kappa shape index (κ2) is 12.4. The Balaban J connectivity index is 1.57. The van der Waals surface area contributed by atoms with Gasteiger partial charge in [0.15, 0.2) is 0 Å². The fourth-order valence-electron chi connectivity index (χ4n) is 4.78. The summed E-state index contributed by atoms with van der Waals surface area (Å²) in [6, 6.07) is 7.48. The number of hydrogen-bond acceptors (Lipinski definition) is 3. The third-order valence-electron chi connectivity index (χ3n) is 6.78. The van der Waals surface area contributed by atoms with Gasteiger partial charge in [-0.05, 0) is 81.8 Å². The zero-order valence-electron chi connectivity index (χ0n) is 19.7. The molecule has 30 heavy (non-hydrogen) atoms. The van der Waals surface area contributed by atoms with E-state index in [0.717, 1.165) is 18.8 Å². The van der Waals surface area contributed by atoms with Crippen molar-refractivity contribution in [3.8, 4) is 0 Å². The average Bonchev–Trinajstić information content (AvgIpc) is 3.24. The van der Waals surface area contributed by atoms with Gasteiger partial charge in [-0.15, -0.1) is 0 Å². The molecule has 0 N–H and O–H groups in total. The van der Waals surface area contributed by atoms with Crippen LogP contribution in [0.1, 0.15) is 82.4 Å². The number of nitrogens with zero attached hydrogens (tertiary/aromatic N) is 3. The lowest BCUT2D eigenvalue weighted by molar-refractivity contribution is 0.250. The van der Waals surface area contributed by atoms with Crippen molar-refractivity contribution in [1.29, 1.82) is 0 Å². The summed E-state index contributed by atoms with van der Waals surface area (Å²) < 4.78 is 0. The van der Waals surface area contributed by atoms with Crippen molar-refractivity contribution in [3.05, 3.63) is 41.5 Å². The van der Waals surface area contributed by atoms with Gasteiger partial charge < -0.3 is 0 Å². The fourth-order valence-corrected chi connectivity index (χ4v) is 4.78. The number of aliphatic imine (C=N–C) groups is 1. The minimum absolute atomic E-state index is 0.539. The van der Waals surface area contributed by atoms with Gasteiger partial charge in [0, 0.05) is 25.3 Å². The second-order valence-corrected chi connectivity index (χ2v) is 9.43. The van der Waals surface area contributed by atoms with Crippen LogP contribution in [0.3, 0.4) is 0 Å². The lowest BCUT2D eigenvalue weighted by Gasteiger charge is -2.26. The molecule has 0 bridgehead atoms. The summed E-state index contributed by atoms with van der Waals surface area (Å²) in [7, 11) is 0. The fraction of sp³-hybridized carbons (Fsp3) is 0.667. The molecule has 2 atom stereocenters. The Morgan fingerprint density at radius 3 is 2.67 bits per heavy atom. The maximum absolute atomic E-state index is 4.88. The Hall–Kier alpha value is -1.45. The molecule has 0 aromatic heterocycles. The molecule has 0 amide bonds. The van der Waals surface area contributed by atoms with Gasteiger partial charge in [0.05, 0.1) is 5.69 Å². The molecule has 3 nitrogen and oxygen atoms in total. The minimum atomic E-state index is 0.539. The predicted octanol–water partition coefficient (Wildman–Crippen LogP) is 6.70. The third kappa shape index (κ3) is 7.06. The molecule has 2 aliphatic rings. The van der Waals surface area contributed by atoms with Crippen LogP contribution in [0, 0.1) is 12.8 Å². The molecule has 0 aliphatic carbocycles. The standard InChI is InChI=1S/C27H43N3/c1-4-5-12-23(2)22-28-26-21-25(15-14-24(26)3)27-13-11-20-30(27)19-10-9-18-29-16-7-6-8-17-29/h9-10,14-15,21-23,27H,4-8,11-13,16-20H2,1-3H3/b10-9-,28-22?/t23-,27?/m0/s1. The Kier molecular flexibility index (Phi) is 9.61. The average molecular weight is 410 g/mol. The van der Waals surface area contributed by atoms with E-state index in [1.54, 1.807) is 0 Å². The van der Waals surface area contributed by atoms with Gasteiger partial charge >= 0.3 is 0 Å². The monoisotopic (exact) mass is 409 g/mol. The maximum Gasteiger partial charge on any atom is 0.0658 e. The van der Waals surface area contributed by atoms with Crippen molar-refractivity contribution in [2.45, 2.75) is 78.2 Å². The molecule has 2 heterocycles. The molecule has 1 aromatic rings. The summed E-state index contributed by atoms with van der Waals surface area (Å²) >= 11 is 0. The van der Waals surface area contributed by atoms with Crippen molar-refractivity contribution in [1.82, 2.24) is 9.80 Å². The van der Waals surface area contributed by atoms with Crippen LogP contribution < -0.4 is 0 Å². The van der Waals surface area contributed by atoms with Gasteiger partial charge in [-0.1, -0.05) is 57.4 Å². The highest BCUT2D eigenvalue weighted by Gasteiger charge is 2.25. The van der Waals surface area contributed by atoms with Crippen LogP contribution in [0.4, 0.5) is 5.69 Å². The zero-order chi connectivity index (χ0) is 21.2. The van der Waals surface area contributed by atoms with Crippen molar-refractivity contribution < 1.29 is 0 Å². The molecule has 1 unspecified atom stereocenters. The zero-order valence-corrected chi connectivity index (χ0v) is 19.7. The van der Waals surface area contributed by atoms with E-state index < -0.39 is 0 Å². The van der Waals surface area contributed by atoms with E-state index in [2.05, 4.69) is 67.1 Å². The van der Waals surface area contributed by atoms with Crippen LogP contribution in [0.15, 0.2) is 35.3 Å². The lowest BCUT2D eigenvalue weighted by atomic mass is 10.0. The highest BCUT2D eigenvalue weighted by molar-refractivity contribution is 5.67. The predicted molar refractivity (Wildman–Crippen MR) is 131 cm³/mol. The van der Waals surface area contributed by atoms with Crippen molar-refractivity contribution in [3.63, 3.8) is 0 Å². The molecule has 3 heteroatoms. The molecule has 0 spiro atoms. The molecule has 2 aliphatic heterocycles. The first-order chi connectivity index (χ1) is 14.7. The smallest absolute Gasteiger partial charge is 0.0658 e. The van der Waals surface area contributed by atoms with Crippen LogP contribution in [0.5, 0.6) is 0 Å². The van der Waals surface area contributed by atoms with Crippen LogP contribution in [0.25, 0.3) is 0 Å². The van der Waals surface area contributed by atoms with E-state index in [1.807, 2.05) is 0 Å². The van der Waals surface area contributed by atoms with Gasteiger partial charge in [0.2, 0.25) is 0 Å². The molecule has 2 saturated heterocycles. The van der Waals surface area contributed by atoms with Crippen LogP contribution in [0.2, 0.25) is 0 Å². The summed E-state index contributed by atoms with van der Waals surface area (Å²) in [6.45, 7) is 12.7. The van der Waals surface area contributed by atoms with Gasteiger partial charge in [0.25, 0.3) is 0 Å². The molecule has 0 radical (unpaired) electrons. The van der Waals surface area contributed by atoms with Gasteiger partial charge in [-0.3, -0.25) is 14.8 Å². The summed E-state index contributed by atoms with van der Waals surface area (Å²) in [5, 5.41) is 0. The number of unbranched alkanes of at least 4 members (excludes halogenated alkanes) is 1. The Morgan fingerprint density at radius 2 is 1.87 bits per heavy atom. The van der Waals surface area contributed by atoms with Crippen molar-refractivity contribution >= 4 is 11.9 Å². The van der Waals surface area contributed by atoms with Crippen molar-refractivity contribution in [2.24, 2.45) is 10.9 Å². The number of aryl methyl sites for hydroxylation is 1.